The van der Waals surface area contributed by atoms with Crippen LogP contribution in [0.3, 0.4) is 0 Å². The van der Waals surface area contributed by atoms with Crippen molar-refractivity contribution in [3.63, 3.8) is 0 Å². The van der Waals surface area contributed by atoms with E-state index in [0.717, 1.165) is 61.3 Å². The van der Waals surface area contributed by atoms with Gasteiger partial charge in [0, 0.05) is 56.4 Å². The molecule has 73 heavy (non-hydrogen) atoms. The van der Waals surface area contributed by atoms with Crippen LogP contribution in [0.25, 0.3) is 83.9 Å². The third kappa shape index (κ3) is 10.8. The number of rotatable bonds is 7. The Morgan fingerprint density at radius 3 is 1.67 bits per heavy atom. The summed E-state index contributed by atoms with van der Waals surface area (Å²) in [5, 5.41) is 12.8. The third-order valence-corrected chi connectivity index (χ3v) is 13.8. The maximum Gasteiger partial charge on any atom is 0.148 e. The van der Waals surface area contributed by atoms with Gasteiger partial charge in [-0.3, -0.25) is 9.55 Å². The molecule has 5 heteroatoms. The molecule has 0 atom stereocenters. The van der Waals surface area contributed by atoms with E-state index in [1.54, 1.807) is 24.4 Å². The smallest absolute Gasteiger partial charge is 0.148 e. The minimum atomic E-state index is -3.38. The van der Waals surface area contributed by atoms with Crippen LogP contribution in [0.5, 0.6) is 5.75 Å². The first-order valence-electron chi connectivity index (χ1n) is 29.4. The van der Waals surface area contributed by atoms with E-state index < -0.39 is 31.4 Å². The van der Waals surface area contributed by atoms with Gasteiger partial charge in [-0.1, -0.05) is 236 Å². The summed E-state index contributed by atoms with van der Waals surface area (Å²) >= 11 is 0. The molecule has 0 aliphatic carbocycles. The summed E-state index contributed by atoms with van der Waals surface area (Å²) in [7, 11) is 0. The summed E-state index contributed by atoms with van der Waals surface area (Å²) in [6.45, 7) is 16.1. The minimum absolute atomic E-state index is 0. The number of fused-ring (bicyclic) bond motifs is 1. The summed E-state index contributed by atoms with van der Waals surface area (Å²) in [6, 6.07) is 53.3. The van der Waals surface area contributed by atoms with Crippen LogP contribution in [0.1, 0.15) is 144 Å². The van der Waals surface area contributed by atoms with Gasteiger partial charge < -0.3 is 5.11 Å². The maximum absolute atomic E-state index is 12.8. The van der Waals surface area contributed by atoms with Crippen LogP contribution >= 0.6 is 0 Å². The molecule has 9 rings (SSSR count). The molecule has 1 N–H and O–H groups in total. The number of para-hydroxylation sites is 1. The Bertz CT molecular complexity index is 3770. The van der Waals surface area contributed by atoms with Gasteiger partial charge in [0.25, 0.3) is 0 Å². The van der Waals surface area contributed by atoms with Gasteiger partial charge in [0.2, 0.25) is 0 Å². The van der Waals surface area contributed by atoms with Gasteiger partial charge in [-0.25, -0.2) is 4.98 Å². The van der Waals surface area contributed by atoms with Crippen molar-refractivity contribution in [3.05, 3.63) is 192 Å². The van der Waals surface area contributed by atoms with E-state index in [9.17, 15) is 5.11 Å². The zero-order valence-corrected chi connectivity index (χ0v) is 46.4. The number of aromatic hydroxyl groups is 1. The Labute approximate surface area is 462 Å². The summed E-state index contributed by atoms with van der Waals surface area (Å²) in [5.74, 6) is 0.752. The number of pyridine rings is 1. The Balaban J connectivity index is 0.00000880. The van der Waals surface area contributed by atoms with E-state index in [0.29, 0.717) is 39.3 Å². The molecular weight excluding hydrogens is 1070 g/mol. The van der Waals surface area contributed by atoms with Crippen molar-refractivity contribution in [1.29, 1.82) is 0 Å². The molecule has 0 saturated heterocycles. The van der Waals surface area contributed by atoms with Gasteiger partial charge in [0.1, 0.15) is 11.6 Å². The van der Waals surface area contributed by atoms with Gasteiger partial charge in [-0.2, -0.15) is 0 Å². The van der Waals surface area contributed by atoms with E-state index in [1.807, 2.05) is 36.4 Å². The SMILES string of the molecule is [2H]C([2H])([2H])C(c1ccc(-c2ccnc(-c3[c-]c(-c4cccc5c4nc(-c4cc(C(C)(C)C)cc(C(C)(C)C)c4O)n5-c4cc(C(C)(C)C)ccc4-c4ccc(C(C)(C)C)cc4)cc(-c4ccccc4)c3)c2)cc1)(C([2H])([2H])[2H])C([2H])([2H])[2H].[Pt]. The van der Waals surface area contributed by atoms with Crippen molar-refractivity contribution < 1.29 is 38.5 Å². The maximum atomic E-state index is 12.8. The topological polar surface area (TPSA) is 50.9 Å². The molecule has 0 saturated carbocycles. The summed E-state index contributed by atoms with van der Waals surface area (Å²) in [4.78, 5) is 10.6. The number of nitrogens with zero attached hydrogens (tertiary/aromatic N) is 3. The second kappa shape index (κ2) is 19.5. The molecule has 2 aromatic heterocycles. The van der Waals surface area contributed by atoms with Gasteiger partial charge in [0.05, 0.1) is 22.3 Å². The molecule has 0 aliphatic heterocycles. The summed E-state index contributed by atoms with van der Waals surface area (Å²) in [6.07, 6.45) is 1.66. The second-order valence-corrected chi connectivity index (χ2v) is 23.5. The van der Waals surface area contributed by atoms with E-state index in [-0.39, 0.29) is 48.6 Å². The quantitative estimate of drug-likeness (QED) is 0.162. The Morgan fingerprint density at radius 1 is 0.466 bits per heavy atom. The summed E-state index contributed by atoms with van der Waals surface area (Å²) < 4.78 is 76.6. The van der Waals surface area contributed by atoms with Gasteiger partial charge in [-0.15, -0.1) is 23.8 Å². The molecule has 2 heterocycles. The van der Waals surface area contributed by atoms with Crippen LogP contribution in [-0.4, -0.2) is 19.6 Å². The molecule has 9 aromatic rings. The third-order valence-electron chi connectivity index (χ3n) is 13.8. The largest absolute Gasteiger partial charge is 0.507 e. The number of phenols is 1. The molecule has 7 aromatic carbocycles. The Morgan fingerprint density at radius 2 is 1.05 bits per heavy atom. The monoisotopic (exact) mass is 1150 g/mol. The second-order valence-electron chi connectivity index (χ2n) is 23.5. The van der Waals surface area contributed by atoms with Crippen LogP contribution in [0.2, 0.25) is 0 Å². The zero-order chi connectivity index (χ0) is 59.2. The molecule has 0 spiro atoms. The first-order valence-corrected chi connectivity index (χ1v) is 24.9. The van der Waals surface area contributed by atoms with Gasteiger partial charge >= 0.3 is 0 Å². The van der Waals surface area contributed by atoms with Crippen LogP contribution in [0.15, 0.2) is 158 Å². The first kappa shape index (κ1) is 42.1. The molecule has 0 fully saturated rings. The fourth-order valence-corrected chi connectivity index (χ4v) is 9.45. The predicted octanol–water partition coefficient (Wildman–Crippen LogP) is 18.4. The average molecular weight is 1150 g/mol. The molecule has 0 unspecified atom stereocenters. The van der Waals surface area contributed by atoms with Crippen molar-refractivity contribution in [1.82, 2.24) is 14.5 Å². The minimum Gasteiger partial charge on any atom is -0.507 e. The van der Waals surface area contributed by atoms with Gasteiger partial charge in [0.15, 0.2) is 0 Å². The fraction of sp³-hybridized carbons (Fsp3) is 0.294. The van der Waals surface area contributed by atoms with E-state index in [1.165, 1.54) is 17.7 Å². The van der Waals surface area contributed by atoms with Crippen molar-refractivity contribution >= 4 is 11.0 Å². The normalized spacial score (nSPS) is 14.9. The standard InChI is InChI=1S/C68H72N3O.Pt/c1-64(2,3)50-28-24-44(25-29-50)46-34-35-69-58(39-46)49-37-47(43-20-17-16-18-21-43)36-48(38-49)55-22-19-23-59-61(55)70-63(56-40-53(67(10,11)12)41-57(62(56)72)68(13,14)15)71(59)60-42-52(66(7,8)9)32-33-54(60)45-26-30-51(31-27-45)65(4,5)6;/h16-37,39-42,72H,1-15H3;/q-1;/i1D3,2D3,3D3;. The molecule has 0 radical (unpaired) electrons. The van der Waals surface area contributed by atoms with Crippen molar-refractivity contribution in [2.24, 2.45) is 0 Å². The fourth-order valence-electron chi connectivity index (χ4n) is 9.45. The van der Waals surface area contributed by atoms with Crippen LogP contribution in [0.4, 0.5) is 0 Å². The average Bonchev–Trinajstić information content (AvgIpc) is 3.86. The van der Waals surface area contributed by atoms with E-state index in [4.69, 9.17) is 22.3 Å². The van der Waals surface area contributed by atoms with Crippen LogP contribution < -0.4 is 0 Å². The predicted molar refractivity (Wildman–Crippen MR) is 305 cm³/mol. The molecule has 0 bridgehead atoms. The molecule has 0 aliphatic rings. The van der Waals surface area contributed by atoms with Crippen LogP contribution in [0, 0.1) is 6.07 Å². The van der Waals surface area contributed by atoms with E-state index >= 15 is 0 Å². The van der Waals surface area contributed by atoms with Gasteiger partial charge in [-0.05, 0) is 95.8 Å². The zero-order valence-electron chi connectivity index (χ0n) is 53.1. The Kier molecular flexibility index (Phi) is 11.2. The number of hydrogen-bond acceptors (Lipinski definition) is 3. The molecular formula is C68H72N3OPt-. The molecule has 0 amide bonds. The van der Waals surface area contributed by atoms with Crippen LogP contribution in [-0.2, 0) is 48.1 Å². The van der Waals surface area contributed by atoms with Crippen molar-refractivity contribution in [2.75, 3.05) is 0 Å². The number of imidazole rings is 1. The first-order chi connectivity index (χ1) is 37.5. The molecule has 376 valence electrons. The van der Waals surface area contributed by atoms with E-state index in [2.05, 4.69) is 179 Å². The number of hydrogen-bond donors (Lipinski definition) is 1. The molecule has 4 nitrogen and oxygen atoms in total. The summed E-state index contributed by atoms with van der Waals surface area (Å²) in [5.41, 5.74) is 10.8. The number of benzene rings is 7. The van der Waals surface area contributed by atoms with Crippen molar-refractivity contribution in [2.45, 2.75) is 131 Å². The van der Waals surface area contributed by atoms with Crippen molar-refractivity contribution in [3.8, 4) is 78.6 Å². The number of phenolic OH excluding ortho intramolecular Hbond substituents is 1. The number of aromatic nitrogens is 3. The Hall–Kier alpha value is -6.35.